The van der Waals surface area contributed by atoms with E-state index in [1.807, 2.05) is 0 Å². The van der Waals surface area contributed by atoms with Gasteiger partial charge in [-0.05, 0) is 25.1 Å². The number of nitrogens with one attached hydrogen (secondary N) is 2. The van der Waals surface area contributed by atoms with E-state index in [1.165, 1.54) is 36.5 Å². The molecule has 2 aromatic rings. The molecule has 0 aliphatic rings. The standard InChI is InChI=1S/C14H13FN2O3/c1-2-20-12-5-4-10(7-11(12)15)17-14(19)9-3-6-13(18)16-8-9/h3-8H,2H2,1H3,(H,16,18)(H,17,19). The van der Waals surface area contributed by atoms with Crippen molar-refractivity contribution in [2.75, 3.05) is 11.9 Å². The zero-order valence-corrected chi connectivity index (χ0v) is 10.8. The lowest BCUT2D eigenvalue weighted by atomic mass is 10.2. The summed E-state index contributed by atoms with van der Waals surface area (Å²) in [6.07, 6.45) is 1.29. The number of ether oxygens (including phenoxy) is 1. The highest BCUT2D eigenvalue weighted by molar-refractivity contribution is 6.04. The van der Waals surface area contributed by atoms with Crippen LogP contribution >= 0.6 is 0 Å². The lowest BCUT2D eigenvalue weighted by Gasteiger charge is -2.08. The lowest BCUT2D eigenvalue weighted by molar-refractivity contribution is 0.102. The van der Waals surface area contributed by atoms with Gasteiger partial charge in [0.1, 0.15) is 0 Å². The molecule has 20 heavy (non-hydrogen) atoms. The second-order valence-electron chi connectivity index (χ2n) is 3.97. The summed E-state index contributed by atoms with van der Waals surface area (Å²) in [4.78, 5) is 25.1. The van der Waals surface area contributed by atoms with Crippen molar-refractivity contribution >= 4 is 11.6 Å². The number of anilines is 1. The number of halogens is 1. The van der Waals surface area contributed by atoms with Crippen LogP contribution in [0.4, 0.5) is 10.1 Å². The molecular weight excluding hydrogens is 263 g/mol. The summed E-state index contributed by atoms with van der Waals surface area (Å²) in [6.45, 7) is 2.12. The molecule has 6 heteroatoms. The summed E-state index contributed by atoms with van der Waals surface area (Å²) in [5.41, 5.74) is 0.287. The first-order valence-electron chi connectivity index (χ1n) is 6.02. The van der Waals surface area contributed by atoms with Crippen LogP contribution in [0.15, 0.2) is 41.3 Å². The predicted octanol–water partition coefficient (Wildman–Crippen LogP) is 2.17. The van der Waals surface area contributed by atoms with Crippen molar-refractivity contribution in [1.82, 2.24) is 4.98 Å². The fourth-order valence-corrected chi connectivity index (χ4v) is 1.61. The van der Waals surface area contributed by atoms with Gasteiger partial charge >= 0.3 is 0 Å². The summed E-state index contributed by atoms with van der Waals surface area (Å²) >= 11 is 0. The molecule has 0 unspecified atom stereocenters. The monoisotopic (exact) mass is 276 g/mol. The number of aromatic amines is 1. The number of pyridine rings is 1. The molecule has 1 amide bonds. The number of benzene rings is 1. The number of hydrogen-bond acceptors (Lipinski definition) is 3. The number of H-pyrrole nitrogens is 1. The zero-order chi connectivity index (χ0) is 14.5. The van der Waals surface area contributed by atoms with Gasteiger partial charge in [-0.25, -0.2) is 4.39 Å². The molecule has 0 radical (unpaired) electrons. The summed E-state index contributed by atoms with van der Waals surface area (Å²) in [7, 11) is 0. The van der Waals surface area contributed by atoms with E-state index in [-0.39, 0.29) is 16.9 Å². The Morgan fingerprint density at radius 3 is 2.75 bits per heavy atom. The minimum Gasteiger partial charge on any atom is -0.491 e. The van der Waals surface area contributed by atoms with Crippen molar-refractivity contribution in [3.05, 3.63) is 58.3 Å². The Bertz CT molecular complexity index is 662. The van der Waals surface area contributed by atoms with Crippen LogP contribution in [-0.2, 0) is 0 Å². The molecule has 104 valence electrons. The smallest absolute Gasteiger partial charge is 0.257 e. The van der Waals surface area contributed by atoms with E-state index in [0.717, 1.165) is 0 Å². The molecule has 1 aromatic heterocycles. The maximum atomic E-state index is 13.6. The molecule has 2 rings (SSSR count). The third-order valence-electron chi connectivity index (χ3n) is 2.54. The molecule has 0 saturated heterocycles. The summed E-state index contributed by atoms with van der Waals surface area (Å²) in [5.74, 6) is -0.856. The van der Waals surface area contributed by atoms with Crippen LogP contribution in [-0.4, -0.2) is 17.5 Å². The second kappa shape index (κ2) is 6.01. The van der Waals surface area contributed by atoms with E-state index in [1.54, 1.807) is 6.92 Å². The van der Waals surface area contributed by atoms with Gasteiger partial charge in [0.15, 0.2) is 11.6 Å². The minimum absolute atomic E-state index is 0.134. The van der Waals surface area contributed by atoms with E-state index in [4.69, 9.17) is 4.74 Å². The SMILES string of the molecule is CCOc1ccc(NC(=O)c2ccc(=O)[nH]c2)cc1F. The minimum atomic E-state index is -0.550. The van der Waals surface area contributed by atoms with Crippen molar-refractivity contribution in [3.63, 3.8) is 0 Å². The Hall–Kier alpha value is -2.63. The number of aromatic nitrogens is 1. The van der Waals surface area contributed by atoms with Gasteiger partial charge in [-0.1, -0.05) is 0 Å². The molecule has 1 aromatic carbocycles. The highest BCUT2D eigenvalue weighted by Crippen LogP contribution is 2.21. The molecule has 2 N–H and O–H groups in total. The third kappa shape index (κ3) is 3.23. The Balaban J connectivity index is 2.13. The average molecular weight is 276 g/mol. The van der Waals surface area contributed by atoms with Crippen molar-refractivity contribution in [3.8, 4) is 5.75 Å². The molecule has 0 atom stereocenters. The number of amides is 1. The zero-order valence-electron chi connectivity index (χ0n) is 10.8. The first kappa shape index (κ1) is 13.8. The first-order chi connectivity index (χ1) is 9.60. The molecule has 0 fully saturated rings. The van der Waals surface area contributed by atoms with Crippen molar-refractivity contribution in [2.24, 2.45) is 0 Å². The molecule has 0 aliphatic heterocycles. The largest absolute Gasteiger partial charge is 0.491 e. The predicted molar refractivity (Wildman–Crippen MR) is 72.6 cm³/mol. The highest BCUT2D eigenvalue weighted by atomic mass is 19.1. The maximum absolute atomic E-state index is 13.6. The van der Waals surface area contributed by atoms with E-state index in [0.29, 0.717) is 12.3 Å². The third-order valence-corrected chi connectivity index (χ3v) is 2.54. The van der Waals surface area contributed by atoms with Gasteiger partial charge in [-0.2, -0.15) is 0 Å². The first-order valence-corrected chi connectivity index (χ1v) is 6.02. The molecule has 0 saturated carbocycles. The Labute approximate surface area is 114 Å². The van der Waals surface area contributed by atoms with Crippen LogP contribution in [0.5, 0.6) is 5.75 Å². The van der Waals surface area contributed by atoms with Crippen LogP contribution in [0.2, 0.25) is 0 Å². The Morgan fingerprint density at radius 1 is 1.35 bits per heavy atom. The normalized spacial score (nSPS) is 10.1. The molecular formula is C14H13FN2O3. The summed E-state index contributed by atoms with van der Waals surface area (Å²) in [6, 6.07) is 6.79. The van der Waals surface area contributed by atoms with Gasteiger partial charge in [0.05, 0.1) is 12.2 Å². The Morgan fingerprint density at radius 2 is 2.15 bits per heavy atom. The van der Waals surface area contributed by atoms with Gasteiger partial charge in [-0.15, -0.1) is 0 Å². The van der Waals surface area contributed by atoms with Gasteiger partial charge in [0, 0.05) is 24.0 Å². The number of carbonyl (C=O) groups excluding carboxylic acids is 1. The average Bonchev–Trinajstić information content (AvgIpc) is 2.42. The van der Waals surface area contributed by atoms with Gasteiger partial charge in [-0.3, -0.25) is 9.59 Å². The van der Waals surface area contributed by atoms with Crippen LogP contribution < -0.4 is 15.6 Å². The van der Waals surface area contributed by atoms with Crippen LogP contribution in [0, 0.1) is 5.82 Å². The quantitative estimate of drug-likeness (QED) is 0.899. The number of carbonyl (C=O) groups is 1. The summed E-state index contributed by atoms with van der Waals surface area (Å²) in [5, 5.41) is 2.53. The molecule has 0 spiro atoms. The van der Waals surface area contributed by atoms with Crippen LogP contribution in [0.3, 0.4) is 0 Å². The molecule has 1 heterocycles. The van der Waals surface area contributed by atoms with E-state index >= 15 is 0 Å². The molecule has 0 aliphatic carbocycles. The van der Waals surface area contributed by atoms with E-state index < -0.39 is 11.7 Å². The number of hydrogen-bond donors (Lipinski definition) is 2. The second-order valence-corrected chi connectivity index (χ2v) is 3.97. The van der Waals surface area contributed by atoms with Gasteiger partial charge < -0.3 is 15.0 Å². The van der Waals surface area contributed by atoms with Gasteiger partial charge in [0.2, 0.25) is 5.56 Å². The molecule has 5 nitrogen and oxygen atoms in total. The van der Waals surface area contributed by atoms with Crippen molar-refractivity contribution in [2.45, 2.75) is 6.92 Å². The van der Waals surface area contributed by atoms with Crippen LogP contribution in [0.1, 0.15) is 17.3 Å². The lowest BCUT2D eigenvalue weighted by Crippen LogP contribution is -2.14. The maximum Gasteiger partial charge on any atom is 0.257 e. The van der Waals surface area contributed by atoms with Gasteiger partial charge in [0.25, 0.3) is 5.91 Å². The fraction of sp³-hybridized carbons (Fsp3) is 0.143. The topological polar surface area (TPSA) is 71.2 Å². The van der Waals surface area contributed by atoms with Crippen molar-refractivity contribution in [1.29, 1.82) is 0 Å². The number of rotatable bonds is 4. The van der Waals surface area contributed by atoms with Crippen molar-refractivity contribution < 1.29 is 13.9 Å². The molecule has 0 bridgehead atoms. The van der Waals surface area contributed by atoms with E-state index in [9.17, 15) is 14.0 Å². The fourth-order valence-electron chi connectivity index (χ4n) is 1.61. The highest BCUT2D eigenvalue weighted by Gasteiger charge is 2.09. The Kier molecular flexibility index (Phi) is 4.14. The summed E-state index contributed by atoms with van der Waals surface area (Å²) < 4.78 is 18.7. The van der Waals surface area contributed by atoms with E-state index in [2.05, 4.69) is 10.3 Å². The van der Waals surface area contributed by atoms with Crippen LogP contribution in [0.25, 0.3) is 0 Å².